The minimum Gasteiger partial charge on any atom is -0.465 e. The molecule has 4 aliphatic rings. The quantitative estimate of drug-likeness (QED) is 0.802. The van der Waals surface area contributed by atoms with Gasteiger partial charge in [0, 0.05) is 18.3 Å². The summed E-state index contributed by atoms with van der Waals surface area (Å²) < 4.78 is 13.4. The van der Waals surface area contributed by atoms with E-state index in [-0.39, 0.29) is 17.5 Å². The SMILES string of the molecule is CCOC(=O)C12CC(CNC(=O)c3ccn4nncc4c3)(C1)OC21CCC1. The smallest absolute Gasteiger partial charge is 0.315 e. The average Bonchev–Trinajstić information content (AvgIpc) is 3.26. The van der Waals surface area contributed by atoms with Crippen molar-refractivity contribution in [3.8, 4) is 0 Å². The highest BCUT2D eigenvalue weighted by Gasteiger charge is 2.79. The summed E-state index contributed by atoms with van der Waals surface area (Å²) >= 11 is 0. The molecular formula is C19H22N4O4. The van der Waals surface area contributed by atoms with Gasteiger partial charge in [-0.2, -0.15) is 0 Å². The number of carbonyl (C=O) groups excluding carboxylic acids is 2. The van der Waals surface area contributed by atoms with Crippen molar-refractivity contribution >= 4 is 17.4 Å². The molecule has 0 unspecified atom stereocenters. The van der Waals surface area contributed by atoms with Crippen molar-refractivity contribution in [1.29, 1.82) is 0 Å². The number of rotatable bonds is 5. The Morgan fingerprint density at radius 2 is 2.19 bits per heavy atom. The number of hydrogen-bond donors (Lipinski definition) is 1. The van der Waals surface area contributed by atoms with Crippen molar-refractivity contribution in [3.05, 3.63) is 30.1 Å². The molecule has 1 spiro atoms. The molecule has 8 nitrogen and oxygen atoms in total. The van der Waals surface area contributed by atoms with E-state index in [0.717, 1.165) is 24.8 Å². The van der Waals surface area contributed by atoms with Crippen molar-refractivity contribution in [2.45, 2.75) is 50.2 Å². The molecule has 2 saturated carbocycles. The molecule has 2 aromatic heterocycles. The fourth-order valence-electron chi connectivity index (χ4n) is 5.11. The molecule has 2 aliphatic heterocycles. The van der Waals surface area contributed by atoms with Crippen LogP contribution in [-0.4, -0.2) is 51.1 Å². The van der Waals surface area contributed by atoms with Gasteiger partial charge in [0.05, 0.1) is 29.5 Å². The molecule has 4 fully saturated rings. The Bertz CT molecular complexity index is 927. The third-order valence-corrected chi connectivity index (χ3v) is 6.49. The van der Waals surface area contributed by atoms with Gasteiger partial charge in [-0.15, -0.1) is 5.10 Å². The van der Waals surface area contributed by atoms with Crippen LogP contribution in [0.5, 0.6) is 0 Å². The second kappa shape index (κ2) is 5.51. The highest BCUT2D eigenvalue weighted by molar-refractivity contribution is 5.95. The van der Waals surface area contributed by atoms with Gasteiger partial charge in [-0.25, -0.2) is 4.52 Å². The first-order chi connectivity index (χ1) is 13.0. The number of pyridine rings is 1. The van der Waals surface area contributed by atoms with Crippen molar-refractivity contribution in [2.24, 2.45) is 5.41 Å². The number of aromatic nitrogens is 3. The van der Waals surface area contributed by atoms with Gasteiger partial charge in [-0.05, 0) is 51.2 Å². The van der Waals surface area contributed by atoms with Crippen LogP contribution in [-0.2, 0) is 14.3 Å². The van der Waals surface area contributed by atoms with Crippen molar-refractivity contribution < 1.29 is 19.1 Å². The van der Waals surface area contributed by atoms with Gasteiger partial charge in [0.2, 0.25) is 0 Å². The van der Waals surface area contributed by atoms with Gasteiger partial charge in [-0.3, -0.25) is 9.59 Å². The molecule has 2 aliphatic carbocycles. The van der Waals surface area contributed by atoms with E-state index in [2.05, 4.69) is 15.6 Å². The number of nitrogens with zero attached hydrogens (tertiary/aromatic N) is 3. The third-order valence-electron chi connectivity index (χ3n) is 6.49. The first kappa shape index (κ1) is 16.7. The number of fused-ring (bicyclic) bond motifs is 1. The highest BCUT2D eigenvalue weighted by Crippen LogP contribution is 2.72. The second-order valence-electron chi connectivity index (χ2n) is 7.99. The summed E-state index contributed by atoms with van der Waals surface area (Å²) in [5.41, 5.74) is -0.0457. The van der Waals surface area contributed by atoms with E-state index < -0.39 is 11.0 Å². The monoisotopic (exact) mass is 370 g/mol. The van der Waals surface area contributed by atoms with E-state index in [4.69, 9.17) is 9.47 Å². The summed E-state index contributed by atoms with van der Waals surface area (Å²) in [6.07, 6.45) is 7.44. The lowest BCUT2D eigenvalue weighted by Gasteiger charge is -2.49. The first-order valence-corrected chi connectivity index (χ1v) is 9.47. The zero-order valence-electron chi connectivity index (χ0n) is 15.2. The van der Waals surface area contributed by atoms with Crippen LogP contribution < -0.4 is 5.32 Å². The van der Waals surface area contributed by atoms with Gasteiger partial charge < -0.3 is 14.8 Å². The molecule has 142 valence electrons. The maximum Gasteiger partial charge on any atom is 0.315 e. The number of ether oxygens (including phenoxy) is 2. The van der Waals surface area contributed by atoms with E-state index in [9.17, 15) is 9.59 Å². The van der Waals surface area contributed by atoms with Gasteiger partial charge in [0.1, 0.15) is 5.41 Å². The Balaban J connectivity index is 1.29. The summed E-state index contributed by atoms with van der Waals surface area (Å²) in [5.74, 6) is -0.303. The molecule has 0 radical (unpaired) electrons. The fourth-order valence-corrected chi connectivity index (χ4v) is 5.11. The van der Waals surface area contributed by atoms with E-state index in [1.807, 2.05) is 6.92 Å². The van der Waals surface area contributed by atoms with Gasteiger partial charge in [0.25, 0.3) is 5.91 Å². The van der Waals surface area contributed by atoms with Crippen LogP contribution >= 0.6 is 0 Å². The Morgan fingerprint density at radius 1 is 1.37 bits per heavy atom. The predicted octanol–water partition coefficient (Wildman–Crippen LogP) is 1.49. The van der Waals surface area contributed by atoms with Crippen LogP contribution in [0.1, 0.15) is 49.4 Å². The zero-order valence-corrected chi connectivity index (χ0v) is 15.2. The number of esters is 1. The molecule has 0 atom stereocenters. The van der Waals surface area contributed by atoms with Crippen molar-refractivity contribution in [3.63, 3.8) is 0 Å². The van der Waals surface area contributed by atoms with E-state index in [1.165, 1.54) is 0 Å². The minimum atomic E-state index is -0.520. The normalized spacial score (nSPS) is 30.0. The topological polar surface area (TPSA) is 94.8 Å². The van der Waals surface area contributed by atoms with Gasteiger partial charge >= 0.3 is 5.97 Å². The zero-order chi connectivity index (χ0) is 18.7. The number of amides is 1. The van der Waals surface area contributed by atoms with Crippen LogP contribution in [0.4, 0.5) is 0 Å². The van der Waals surface area contributed by atoms with Crippen LogP contribution in [0.15, 0.2) is 24.5 Å². The Labute approximate surface area is 156 Å². The number of nitrogens with one attached hydrogen (secondary N) is 1. The molecule has 2 saturated heterocycles. The molecule has 1 N–H and O–H groups in total. The van der Waals surface area contributed by atoms with E-state index in [1.54, 1.807) is 29.0 Å². The maximum absolute atomic E-state index is 12.6. The fraction of sp³-hybridized carbons (Fsp3) is 0.579. The standard InChI is InChI=1S/C19H22N4O4/c1-2-26-16(25)18-10-17(11-18,27-19(18)5-3-6-19)12-20-15(24)13-4-7-23-14(8-13)9-21-22-23/h4,7-9H,2-3,5-6,10-12H2,1H3,(H,20,24). The molecule has 2 aromatic rings. The summed E-state index contributed by atoms with van der Waals surface area (Å²) in [5, 5.41) is 10.7. The van der Waals surface area contributed by atoms with E-state index in [0.29, 0.717) is 31.6 Å². The summed E-state index contributed by atoms with van der Waals surface area (Å²) in [4.78, 5) is 25.2. The molecule has 4 heterocycles. The Morgan fingerprint density at radius 3 is 2.89 bits per heavy atom. The predicted molar refractivity (Wildman–Crippen MR) is 94.0 cm³/mol. The summed E-state index contributed by atoms with van der Waals surface area (Å²) in [7, 11) is 0. The minimum absolute atomic E-state index is 0.136. The van der Waals surface area contributed by atoms with Crippen LogP contribution in [0.3, 0.4) is 0 Å². The first-order valence-electron chi connectivity index (χ1n) is 9.47. The van der Waals surface area contributed by atoms with Gasteiger partial charge in [0.15, 0.2) is 0 Å². The summed E-state index contributed by atoms with van der Waals surface area (Å²) in [6.45, 7) is 2.61. The molecule has 27 heavy (non-hydrogen) atoms. The molecule has 2 bridgehead atoms. The number of carbonyl (C=O) groups is 2. The average molecular weight is 370 g/mol. The highest BCUT2D eigenvalue weighted by atomic mass is 16.6. The Kier molecular flexibility index (Phi) is 3.40. The molecule has 8 heteroatoms. The second-order valence-corrected chi connectivity index (χ2v) is 7.99. The maximum atomic E-state index is 12.6. The molecule has 6 rings (SSSR count). The largest absolute Gasteiger partial charge is 0.465 e. The van der Waals surface area contributed by atoms with Gasteiger partial charge in [-0.1, -0.05) is 5.21 Å². The van der Waals surface area contributed by atoms with Crippen molar-refractivity contribution in [1.82, 2.24) is 20.1 Å². The summed E-state index contributed by atoms with van der Waals surface area (Å²) in [6, 6.07) is 3.46. The molecule has 1 amide bonds. The van der Waals surface area contributed by atoms with E-state index >= 15 is 0 Å². The lowest BCUT2D eigenvalue weighted by Crippen LogP contribution is -2.59. The van der Waals surface area contributed by atoms with Crippen LogP contribution in [0, 0.1) is 5.41 Å². The van der Waals surface area contributed by atoms with Crippen LogP contribution in [0.2, 0.25) is 0 Å². The van der Waals surface area contributed by atoms with Crippen LogP contribution in [0.25, 0.3) is 5.52 Å². The van der Waals surface area contributed by atoms with Crippen molar-refractivity contribution in [2.75, 3.05) is 13.2 Å². The molecular weight excluding hydrogens is 348 g/mol. The third kappa shape index (κ3) is 2.19. The lowest BCUT2D eigenvalue weighted by atomic mass is 9.51. The lowest BCUT2D eigenvalue weighted by molar-refractivity contribution is -0.170. The molecule has 0 aromatic carbocycles. The Hall–Kier alpha value is -2.48. The number of hydrogen-bond acceptors (Lipinski definition) is 6.